The third-order valence-corrected chi connectivity index (χ3v) is 4.21. The van der Waals surface area contributed by atoms with Crippen LogP contribution in [0.3, 0.4) is 0 Å². The van der Waals surface area contributed by atoms with Crippen molar-refractivity contribution in [1.29, 1.82) is 0 Å². The summed E-state index contributed by atoms with van der Waals surface area (Å²) in [6.07, 6.45) is 1.46. The zero-order valence-electron chi connectivity index (χ0n) is 10.2. The maximum Gasteiger partial charge on any atom is 0.232 e. The van der Waals surface area contributed by atoms with Gasteiger partial charge in [-0.2, -0.15) is 11.3 Å². The molecule has 1 unspecified atom stereocenters. The quantitative estimate of drug-likeness (QED) is 0.778. The lowest BCUT2D eigenvalue weighted by Crippen LogP contribution is -2.47. The van der Waals surface area contributed by atoms with E-state index in [1.807, 2.05) is 12.3 Å². The lowest BCUT2D eigenvalue weighted by atomic mass is 9.86. The molecule has 94 valence electrons. The van der Waals surface area contributed by atoms with E-state index in [-0.39, 0.29) is 10.9 Å². The highest BCUT2D eigenvalue weighted by Gasteiger charge is 2.34. The molecule has 0 saturated carbocycles. The number of thiophene rings is 1. The van der Waals surface area contributed by atoms with Crippen LogP contribution in [0.25, 0.3) is 0 Å². The number of thiocarbonyl (C=S) groups is 1. The number of nitrogens with two attached hydrogens (primary N) is 1. The fourth-order valence-electron chi connectivity index (χ4n) is 1.40. The van der Waals surface area contributed by atoms with Gasteiger partial charge in [0.25, 0.3) is 0 Å². The number of carbonyl (C=O) groups is 1. The predicted molar refractivity (Wildman–Crippen MR) is 76.2 cm³/mol. The van der Waals surface area contributed by atoms with Crippen molar-refractivity contribution < 1.29 is 4.79 Å². The van der Waals surface area contributed by atoms with Gasteiger partial charge in [-0.3, -0.25) is 4.79 Å². The van der Waals surface area contributed by atoms with Crippen LogP contribution in [0, 0.1) is 5.41 Å². The summed E-state index contributed by atoms with van der Waals surface area (Å²) in [5.74, 6) is -0.0808. The van der Waals surface area contributed by atoms with E-state index in [9.17, 15) is 4.79 Å². The first-order chi connectivity index (χ1) is 8.00. The second-order valence-corrected chi connectivity index (χ2v) is 5.41. The standard InChI is InChI=1S/C12H18N2OS2/c1-3-12(2,10(13)16)11(15)14-6-4-9-5-7-17-8-9/h5,7-8H,3-4,6H2,1-2H3,(H2,13,16)(H,14,15). The summed E-state index contributed by atoms with van der Waals surface area (Å²) in [6, 6.07) is 2.06. The van der Waals surface area contributed by atoms with Crippen LogP contribution in [0.5, 0.6) is 0 Å². The molecule has 0 spiro atoms. The maximum atomic E-state index is 12.0. The molecule has 0 aliphatic rings. The minimum absolute atomic E-state index is 0.0808. The molecule has 0 aliphatic carbocycles. The van der Waals surface area contributed by atoms with Gasteiger partial charge in [0.05, 0.1) is 10.4 Å². The summed E-state index contributed by atoms with van der Waals surface area (Å²) < 4.78 is 0. The van der Waals surface area contributed by atoms with Gasteiger partial charge >= 0.3 is 0 Å². The monoisotopic (exact) mass is 270 g/mol. The van der Waals surface area contributed by atoms with Crippen molar-refractivity contribution in [2.45, 2.75) is 26.7 Å². The Bertz CT molecular complexity index is 389. The van der Waals surface area contributed by atoms with E-state index < -0.39 is 5.41 Å². The molecule has 0 fully saturated rings. The maximum absolute atomic E-state index is 12.0. The highest BCUT2D eigenvalue weighted by atomic mass is 32.1. The molecular weight excluding hydrogens is 252 g/mol. The smallest absolute Gasteiger partial charge is 0.232 e. The van der Waals surface area contributed by atoms with Crippen molar-refractivity contribution in [1.82, 2.24) is 5.32 Å². The molecule has 0 aliphatic heterocycles. The molecule has 0 bridgehead atoms. The predicted octanol–water partition coefficient (Wildman–Crippen LogP) is 2.11. The molecule has 0 radical (unpaired) electrons. The molecule has 1 heterocycles. The Kier molecular flexibility index (Phi) is 5.08. The van der Waals surface area contributed by atoms with Gasteiger partial charge in [0.1, 0.15) is 0 Å². The van der Waals surface area contributed by atoms with E-state index in [2.05, 4.69) is 16.8 Å². The Morgan fingerprint density at radius 2 is 2.35 bits per heavy atom. The molecule has 1 aromatic heterocycles. The number of rotatable bonds is 6. The van der Waals surface area contributed by atoms with Crippen molar-refractivity contribution in [2.24, 2.45) is 11.1 Å². The Hall–Kier alpha value is -0.940. The largest absolute Gasteiger partial charge is 0.392 e. The van der Waals surface area contributed by atoms with Gasteiger partial charge in [0, 0.05) is 6.54 Å². The van der Waals surface area contributed by atoms with Crippen molar-refractivity contribution >= 4 is 34.5 Å². The van der Waals surface area contributed by atoms with E-state index >= 15 is 0 Å². The number of carbonyl (C=O) groups excluding carboxylic acids is 1. The second-order valence-electron chi connectivity index (χ2n) is 4.19. The van der Waals surface area contributed by atoms with Gasteiger partial charge < -0.3 is 11.1 Å². The van der Waals surface area contributed by atoms with Crippen LogP contribution in [0.4, 0.5) is 0 Å². The summed E-state index contributed by atoms with van der Waals surface area (Å²) in [4.78, 5) is 12.2. The van der Waals surface area contributed by atoms with E-state index in [0.29, 0.717) is 13.0 Å². The van der Waals surface area contributed by atoms with Gasteiger partial charge in [0.2, 0.25) is 5.91 Å². The third-order valence-electron chi connectivity index (χ3n) is 3.03. The van der Waals surface area contributed by atoms with Crippen LogP contribution in [-0.2, 0) is 11.2 Å². The number of amides is 1. The lowest BCUT2D eigenvalue weighted by molar-refractivity contribution is -0.126. The molecular formula is C12H18N2OS2. The van der Waals surface area contributed by atoms with Crippen LogP contribution in [0.1, 0.15) is 25.8 Å². The van der Waals surface area contributed by atoms with Crippen LogP contribution in [0.2, 0.25) is 0 Å². The number of nitrogens with one attached hydrogen (secondary N) is 1. The van der Waals surface area contributed by atoms with Crippen molar-refractivity contribution in [3.8, 4) is 0 Å². The number of hydrogen-bond donors (Lipinski definition) is 2. The lowest BCUT2D eigenvalue weighted by Gasteiger charge is -2.25. The van der Waals surface area contributed by atoms with E-state index in [1.54, 1.807) is 18.3 Å². The van der Waals surface area contributed by atoms with E-state index in [4.69, 9.17) is 18.0 Å². The van der Waals surface area contributed by atoms with E-state index in [0.717, 1.165) is 6.42 Å². The molecule has 1 amide bonds. The van der Waals surface area contributed by atoms with Crippen LogP contribution >= 0.6 is 23.6 Å². The molecule has 5 heteroatoms. The molecule has 1 aromatic rings. The van der Waals surface area contributed by atoms with Crippen LogP contribution in [0.15, 0.2) is 16.8 Å². The Labute approximate surface area is 111 Å². The number of hydrogen-bond acceptors (Lipinski definition) is 3. The third kappa shape index (κ3) is 3.51. The molecule has 1 rings (SSSR count). The van der Waals surface area contributed by atoms with Gasteiger partial charge in [-0.25, -0.2) is 0 Å². The van der Waals surface area contributed by atoms with Gasteiger partial charge in [-0.15, -0.1) is 0 Å². The second kappa shape index (κ2) is 6.12. The summed E-state index contributed by atoms with van der Waals surface area (Å²) in [5.41, 5.74) is 6.13. The molecule has 0 aromatic carbocycles. The first-order valence-electron chi connectivity index (χ1n) is 5.60. The zero-order valence-corrected chi connectivity index (χ0v) is 11.8. The van der Waals surface area contributed by atoms with Gasteiger partial charge in [-0.1, -0.05) is 19.1 Å². The zero-order chi connectivity index (χ0) is 12.9. The Morgan fingerprint density at radius 3 is 2.82 bits per heavy atom. The van der Waals surface area contributed by atoms with E-state index in [1.165, 1.54) is 5.56 Å². The van der Waals surface area contributed by atoms with Crippen LogP contribution in [-0.4, -0.2) is 17.4 Å². The van der Waals surface area contributed by atoms with Crippen LogP contribution < -0.4 is 11.1 Å². The molecule has 1 atom stereocenters. The fourth-order valence-corrected chi connectivity index (χ4v) is 2.34. The Balaban J connectivity index is 2.46. The topological polar surface area (TPSA) is 55.1 Å². The average molecular weight is 270 g/mol. The molecule has 0 saturated heterocycles. The first kappa shape index (κ1) is 14.1. The summed E-state index contributed by atoms with van der Waals surface area (Å²) >= 11 is 6.61. The van der Waals surface area contributed by atoms with Crippen molar-refractivity contribution in [3.63, 3.8) is 0 Å². The summed E-state index contributed by atoms with van der Waals surface area (Å²) in [7, 11) is 0. The fraction of sp³-hybridized carbons (Fsp3) is 0.500. The molecule has 3 nitrogen and oxygen atoms in total. The first-order valence-corrected chi connectivity index (χ1v) is 6.95. The average Bonchev–Trinajstić information content (AvgIpc) is 2.80. The summed E-state index contributed by atoms with van der Waals surface area (Å²) in [6.45, 7) is 4.32. The minimum Gasteiger partial charge on any atom is -0.392 e. The molecule has 3 N–H and O–H groups in total. The summed E-state index contributed by atoms with van der Waals surface area (Å²) in [5, 5.41) is 7.00. The highest BCUT2D eigenvalue weighted by Crippen LogP contribution is 2.21. The van der Waals surface area contributed by atoms with Crippen molar-refractivity contribution in [3.05, 3.63) is 22.4 Å². The normalized spacial score (nSPS) is 14.0. The minimum atomic E-state index is -0.732. The van der Waals surface area contributed by atoms with Gasteiger partial charge in [-0.05, 0) is 42.2 Å². The Morgan fingerprint density at radius 1 is 1.65 bits per heavy atom. The highest BCUT2D eigenvalue weighted by molar-refractivity contribution is 7.80. The SMILES string of the molecule is CCC(C)(C(=O)NCCc1ccsc1)C(N)=S. The molecule has 17 heavy (non-hydrogen) atoms. The van der Waals surface area contributed by atoms with Gasteiger partial charge in [0.15, 0.2) is 0 Å². The van der Waals surface area contributed by atoms with Crippen molar-refractivity contribution in [2.75, 3.05) is 6.54 Å².